The fourth-order valence-electron chi connectivity index (χ4n) is 2.90. The molecule has 2 heterocycles. The second kappa shape index (κ2) is 8.39. The van der Waals surface area contributed by atoms with Crippen LogP contribution in [0, 0.1) is 0 Å². The number of hydrogen-bond donors (Lipinski definition) is 1. The van der Waals surface area contributed by atoms with Gasteiger partial charge in [0, 0.05) is 46.0 Å². The molecule has 5 heteroatoms. The first kappa shape index (κ1) is 15.5. The van der Waals surface area contributed by atoms with Gasteiger partial charge in [-0.1, -0.05) is 6.42 Å². The van der Waals surface area contributed by atoms with Gasteiger partial charge < -0.3 is 10.1 Å². The third-order valence-corrected chi connectivity index (χ3v) is 4.06. The van der Waals surface area contributed by atoms with Gasteiger partial charge in [0.25, 0.3) is 0 Å². The molecule has 0 amide bonds. The van der Waals surface area contributed by atoms with Crippen molar-refractivity contribution in [2.24, 2.45) is 7.05 Å². The van der Waals surface area contributed by atoms with E-state index in [4.69, 9.17) is 4.74 Å². The van der Waals surface area contributed by atoms with Gasteiger partial charge in [-0.2, -0.15) is 5.10 Å². The molecule has 114 valence electrons. The highest BCUT2D eigenvalue weighted by Gasteiger charge is 2.21. The highest BCUT2D eigenvalue weighted by Crippen LogP contribution is 2.17. The number of hydrogen-bond acceptors (Lipinski definition) is 4. The van der Waals surface area contributed by atoms with Crippen LogP contribution in [0.15, 0.2) is 12.4 Å². The van der Waals surface area contributed by atoms with Crippen LogP contribution in [0.4, 0.5) is 0 Å². The maximum Gasteiger partial charge on any atom is 0.0587 e. The molecule has 1 unspecified atom stereocenters. The summed E-state index contributed by atoms with van der Waals surface area (Å²) in [6, 6.07) is 0.678. The first-order valence-corrected chi connectivity index (χ1v) is 7.71. The summed E-state index contributed by atoms with van der Waals surface area (Å²) >= 11 is 0. The average Bonchev–Trinajstić information content (AvgIpc) is 2.88. The van der Waals surface area contributed by atoms with E-state index < -0.39 is 0 Å². The monoisotopic (exact) mass is 280 g/mol. The Morgan fingerprint density at radius 2 is 2.35 bits per heavy atom. The molecule has 1 aromatic heterocycles. The van der Waals surface area contributed by atoms with Crippen LogP contribution in [0.25, 0.3) is 0 Å². The van der Waals surface area contributed by atoms with Gasteiger partial charge in [0.1, 0.15) is 0 Å². The maximum atomic E-state index is 5.08. The van der Waals surface area contributed by atoms with Crippen LogP contribution >= 0.6 is 0 Å². The molecule has 0 aromatic carbocycles. The molecule has 20 heavy (non-hydrogen) atoms. The number of rotatable bonds is 8. The quantitative estimate of drug-likeness (QED) is 0.723. The van der Waals surface area contributed by atoms with E-state index in [0.29, 0.717) is 6.04 Å². The minimum absolute atomic E-state index is 0.678. The smallest absolute Gasteiger partial charge is 0.0587 e. The molecule has 1 saturated heterocycles. The Balaban J connectivity index is 1.74. The largest absolute Gasteiger partial charge is 0.383 e. The summed E-state index contributed by atoms with van der Waals surface area (Å²) in [7, 11) is 3.73. The van der Waals surface area contributed by atoms with Crippen LogP contribution in [0.1, 0.15) is 24.8 Å². The van der Waals surface area contributed by atoms with Crippen molar-refractivity contribution in [3.05, 3.63) is 18.0 Å². The van der Waals surface area contributed by atoms with E-state index in [1.807, 2.05) is 17.9 Å². The Morgan fingerprint density at radius 1 is 1.45 bits per heavy atom. The Morgan fingerprint density at radius 3 is 3.10 bits per heavy atom. The summed E-state index contributed by atoms with van der Waals surface area (Å²) in [6.07, 6.45) is 9.21. The molecule has 5 nitrogen and oxygen atoms in total. The number of piperidine rings is 1. The van der Waals surface area contributed by atoms with E-state index in [1.54, 1.807) is 7.11 Å². The fraction of sp³-hybridized carbons (Fsp3) is 0.800. The lowest BCUT2D eigenvalue weighted by atomic mass is 10.0. The lowest BCUT2D eigenvalue weighted by molar-refractivity contribution is 0.142. The molecular formula is C15H28N4O. The van der Waals surface area contributed by atoms with Gasteiger partial charge in [0.05, 0.1) is 12.8 Å². The molecule has 1 N–H and O–H groups in total. The predicted octanol–water partition coefficient (Wildman–Crippen LogP) is 1.05. The summed E-state index contributed by atoms with van der Waals surface area (Å²) in [5.41, 5.74) is 1.34. The second-order valence-corrected chi connectivity index (χ2v) is 5.65. The molecule has 2 rings (SSSR count). The van der Waals surface area contributed by atoms with E-state index in [9.17, 15) is 0 Å². The SMILES string of the molecule is COCCNCC1CCCCN1CCc1cnn(C)c1. The summed E-state index contributed by atoms with van der Waals surface area (Å²) in [5.74, 6) is 0. The van der Waals surface area contributed by atoms with Crippen LogP contribution in [-0.4, -0.2) is 60.6 Å². The Bertz CT molecular complexity index is 380. The van der Waals surface area contributed by atoms with Crippen molar-refractivity contribution >= 4 is 0 Å². The first-order valence-electron chi connectivity index (χ1n) is 7.71. The number of methoxy groups -OCH3 is 1. The molecule has 0 aliphatic carbocycles. The zero-order valence-electron chi connectivity index (χ0n) is 12.8. The number of aromatic nitrogens is 2. The number of nitrogens with zero attached hydrogens (tertiary/aromatic N) is 3. The molecule has 1 aliphatic heterocycles. The minimum atomic E-state index is 0.678. The molecule has 0 spiro atoms. The first-order chi connectivity index (χ1) is 9.79. The van der Waals surface area contributed by atoms with Gasteiger partial charge in [-0.25, -0.2) is 0 Å². The van der Waals surface area contributed by atoms with E-state index >= 15 is 0 Å². The second-order valence-electron chi connectivity index (χ2n) is 5.65. The van der Waals surface area contributed by atoms with Crippen LogP contribution in [0.2, 0.25) is 0 Å². The molecule has 1 aliphatic rings. The normalized spacial score (nSPS) is 20.4. The summed E-state index contributed by atoms with van der Waals surface area (Å²) < 4.78 is 6.96. The molecule has 0 saturated carbocycles. The molecular weight excluding hydrogens is 252 g/mol. The minimum Gasteiger partial charge on any atom is -0.383 e. The topological polar surface area (TPSA) is 42.3 Å². The number of nitrogens with one attached hydrogen (secondary N) is 1. The Kier molecular flexibility index (Phi) is 6.50. The van der Waals surface area contributed by atoms with Crippen molar-refractivity contribution in [1.29, 1.82) is 0 Å². The van der Waals surface area contributed by atoms with Crippen molar-refractivity contribution in [1.82, 2.24) is 20.0 Å². The van der Waals surface area contributed by atoms with Crippen molar-refractivity contribution in [2.75, 3.05) is 39.9 Å². The summed E-state index contributed by atoms with van der Waals surface area (Å²) in [5, 5.41) is 7.75. The van der Waals surface area contributed by atoms with Gasteiger partial charge in [-0.3, -0.25) is 9.58 Å². The lowest BCUT2D eigenvalue weighted by Gasteiger charge is -2.35. The fourth-order valence-corrected chi connectivity index (χ4v) is 2.90. The Labute approximate surface area is 122 Å². The highest BCUT2D eigenvalue weighted by atomic mass is 16.5. The van der Waals surface area contributed by atoms with Crippen LogP contribution in [-0.2, 0) is 18.2 Å². The highest BCUT2D eigenvalue weighted by molar-refractivity contribution is 5.04. The molecule has 1 fully saturated rings. The molecule has 1 aromatic rings. The van der Waals surface area contributed by atoms with E-state index in [2.05, 4.69) is 21.5 Å². The maximum absolute atomic E-state index is 5.08. The lowest BCUT2D eigenvalue weighted by Crippen LogP contribution is -2.46. The molecule has 1 atom stereocenters. The van der Waals surface area contributed by atoms with Gasteiger partial charge in [0.15, 0.2) is 0 Å². The zero-order valence-corrected chi connectivity index (χ0v) is 12.8. The summed E-state index contributed by atoms with van der Waals surface area (Å²) in [4.78, 5) is 2.64. The van der Waals surface area contributed by atoms with Crippen LogP contribution in [0.3, 0.4) is 0 Å². The van der Waals surface area contributed by atoms with Crippen molar-refractivity contribution in [3.8, 4) is 0 Å². The van der Waals surface area contributed by atoms with E-state index in [0.717, 1.165) is 32.7 Å². The van der Waals surface area contributed by atoms with Gasteiger partial charge in [-0.05, 0) is 31.4 Å². The zero-order chi connectivity index (χ0) is 14.2. The van der Waals surface area contributed by atoms with E-state index in [-0.39, 0.29) is 0 Å². The average molecular weight is 280 g/mol. The molecule has 0 bridgehead atoms. The van der Waals surface area contributed by atoms with Crippen molar-refractivity contribution in [2.45, 2.75) is 31.7 Å². The number of aryl methyl sites for hydroxylation is 1. The third kappa shape index (κ3) is 4.89. The van der Waals surface area contributed by atoms with Gasteiger partial charge in [-0.15, -0.1) is 0 Å². The van der Waals surface area contributed by atoms with Crippen LogP contribution in [0.5, 0.6) is 0 Å². The number of likely N-dealkylation sites (tertiary alicyclic amines) is 1. The molecule has 0 radical (unpaired) electrons. The standard InChI is InChI=1S/C15H28N4O/c1-18-13-14(11-17-18)6-9-19-8-4-3-5-15(19)12-16-7-10-20-2/h11,13,15-16H,3-10,12H2,1-2H3. The predicted molar refractivity (Wildman–Crippen MR) is 80.9 cm³/mol. The Hall–Kier alpha value is -0.910. The van der Waals surface area contributed by atoms with Crippen LogP contribution < -0.4 is 5.32 Å². The van der Waals surface area contributed by atoms with E-state index in [1.165, 1.54) is 31.4 Å². The van der Waals surface area contributed by atoms with Gasteiger partial charge in [0.2, 0.25) is 0 Å². The summed E-state index contributed by atoms with van der Waals surface area (Å²) in [6.45, 7) is 5.20. The number of ether oxygens (including phenoxy) is 1. The third-order valence-electron chi connectivity index (χ3n) is 4.06. The van der Waals surface area contributed by atoms with Crippen molar-refractivity contribution < 1.29 is 4.74 Å². The van der Waals surface area contributed by atoms with Gasteiger partial charge >= 0.3 is 0 Å². The van der Waals surface area contributed by atoms with Crippen molar-refractivity contribution in [3.63, 3.8) is 0 Å².